The van der Waals surface area contributed by atoms with E-state index in [1.54, 1.807) is 29.1 Å². The van der Waals surface area contributed by atoms with Crippen molar-refractivity contribution in [2.75, 3.05) is 0 Å². The maximum absolute atomic E-state index is 14.0. The molecule has 0 radical (unpaired) electrons. The van der Waals surface area contributed by atoms with E-state index < -0.39 is 0 Å². The van der Waals surface area contributed by atoms with Gasteiger partial charge >= 0.3 is 0 Å². The van der Waals surface area contributed by atoms with E-state index in [1.165, 1.54) is 30.2 Å². The number of thiophene rings is 1. The molecule has 3 aromatic rings. The summed E-state index contributed by atoms with van der Waals surface area (Å²) in [6, 6.07) is 6.87. The predicted molar refractivity (Wildman–Crippen MR) is 86.8 cm³/mol. The molecule has 1 aliphatic rings. The lowest BCUT2D eigenvalue weighted by atomic mass is 10.1. The van der Waals surface area contributed by atoms with Crippen LogP contribution in [0, 0.1) is 5.82 Å². The summed E-state index contributed by atoms with van der Waals surface area (Å²) in [5.74, 6) is -0.288. The van der Waals surface area contributed by atoms with Crippen LogP contribution in [0.25, 0.3) is 21.3 Å². The van der Waals surface area contributed by atoms with Gasteiger partial charge in [0.05, 0.1) is 11.8 Å². The molecule has 2 aromatic heterocycles. The van der Waals surface area contributed by atoms with Crippen molar-refractivity contribution in [1.82, 2.24) is 9.55 Å². The van der Waals surface area contributed by atoms with E-state index in [1.807, 2.05) is 5.38 Å². The Kier molecular flexibility index (Phi) is 3.30. The topological polar surface area (TPSA) is 34.9 Å². The minimum absolute atomic E-state index is 0.00416. The first-order valence-corrected chi connectivity index (χ1v) is 8.37. The SMILES string of the molecule is O=c1c2scc(-c3ccccc3F)c2ncn1C1CCCC1. The highest BCUT2D eigenvalue weighted by atomic mass is 32.1. The molecule has 2 heterocycles. The van der Waals surface area contributed by atoms with E-state index in [9.17, 15) is 9.18 Å². The van der Waals surface area contributed by atoms with Crippen LogP contribution < -0.4 is 5.56 Å². The molecule has 0 spiro atoms. The fourth-order valence-corrected chi connectivity index (χ4v) is 4.19. The lowest BCUT2D eigenvalue weighted by Crippen LogP contribution is -2.23. The molecule has 1 saturated carbocycles. The molecule has 3 nitrogen and oxygen atoms in total. The zero-order valence-electron chi connectivity index (χ0n) is 12.0. The quantitative estimate of drug-likeness (QED) is 0.703. The predicted octanol–water partition coefficient (Wildman–Crippen LogP) is 4.38. The zero-order valence-corrected chi connectivity index (χ0v) is 12.8. The van der Waals surface area contributed by atoms with Gasteiger partial charge < -0.3 is 0 Å². The number of nitrogens with zero attached hydrogens (tertiary/aromatic N) is 2. The van der Waals surface area contributed by atoms with Crippen molar-refractivity contribution in [1.29, 1.82) is 0 Å². The second-order valence-corrected chi connectivity index (χ2v) is 6.58. The van der Waals surface area contributed by atoms with Gasteiger partial charge in [0, 0.05) is 22.5 Å². The van der Waals surface area contributed by atoms with Crippen molar-refractivity contribution in [3.8, 4) is 11.1 Å². The van der Waals surface area contributed by atoms with Crippen LogP contribution in [0.5, 0.6) is 0 Å². The molecule has 0 amide bonds. The monoisotopic (exact) mass is 314 g/mol. The van der Waals surface area contributed by atoms with Crippen LogP contribution in [0.3, 0.4) is 0 Å². The molecule has 0 aliphatic heterocycles. The molecular formula is C17H15FN2OS. The van der Waals surface area contributed by atoms with E-state index in [2.05, 4.69) is 4.98 Å². The van der Waals surface area contributed by atoms with E-state index in [-0.39, 0.29) is 17.4 Å². The molecule has 22 heavy (non-hydrogen) atoms. The molecule has 112 valence electrons. The number of hydrogen-bond acceptors (Lipinski definition) is 3. The van der Waals surface area contributed by atoms with Gasteiger partial charge in [-0.2, -0.15) is 0 Å². The molecular weight excluding hydrogens is 299 g/mol. The van der Waals surface area contributed by atoms with Gasteiger partial charge in [-0.1, -0.05) is 31.0 Å². The maximum Gasteiger partial charge on any atom is 0.271 e. The largest absolute Gasteiger partial charge is 0.295 e. The maximum atomic E-state index is 14.0. The van der Waals surface area contributed by atoms with Crippen LogP contribution in [-0.4, -0.2) is 9.55 Å². The lowest BCUT2D eigenvalue weighted by molar-refractivity contribution is 0.499. The van der Waals surface area contributed by atoms with Gasteiger partial charge in [0.2, 0.25) is 0 Å². The fourth-order valence-electron chi connectivity index (χ4n) is 3.23. The third-order valence-electron chi connectivity index (χ3n) is 4.39. The van der Waals surface area contributed by atoms with E-state index in [0.29, 0.717) is 21.3 Å². The summed E-state index contributed by atoms with van der Waals surface area (Å²) >= 11 is 1.35. The molecule has 0 unspecified atom stereocenters. The van der Waals surface area contributed by atoms with Crippen LogP contribution in [0.1, 0.15) is 31.7 Å². The van der Waals surface area contributed by atoms with Crippen molar-refractivity contribution in [3.05, 3.63) is 52.1 Å². The van der Waals surface area contributed by atoms with Crippen molar-refractivity contribution in [3.63, 3.8) is 0 Å². The molecule has 4 rings (SSSR count). The van der Waals surface area contributed by atoms with Gasteiger partial charge in [-0.3, -0.25) is 9.36 Å². The lowest BCUT2D eigenvalue weighted by Gasteiger charge is -2.12. The van der Waals surface area contributed by atoms with Gasteiger partial charge in [0.25, 0.3) is 5.56 Å². The van der Waals surface area contributed by atoms with Gasteiger partial charge in [0.15, 0.2) is 0 Å². The smallest absolute Gasteiger partial charge is 0.271 e. The summed E-state index contributed by atoms with van der Waals surface area (Å²) < 4.78 is 16.4. The molecule has 5 heteroatoms. The number of hydrogen-bond donors (Lipinski definition) is 0. The van der Waals surface area contributed by atoms with E-state index in [0.717, 1.165) is 12.8 Å². The molecule has 1 fully saturated rings. The van der Waals surface area contributed by atoms with Gasteiger partial charge in [0.1, 0.15) is 10.5 Å². The van der Waals surface area contributed by atoms with Crippen LogP contribution in [0.15, 0.2) is 40.8 Å². The van der Waals surface area contributed by atoms with E-state index >= 15 is 0 Å². The Balaban J connectivity index is 1.89. The average molecular weight is 314 g/mol. The van der Waals surface area contributed by atoms with Gasteiger partial charge in [-0.25, -0.2) is 9.37 Å². The third-order valence-corrected chi connectivity index (χ3v) is 5.34. The molecule has 0 bridgehead atoms. The number of aromatic nitrogens is 2. The fraction of sp³-hybridized carbons (Fsp3) is 0.294. The molecule has 0 atom stereocenters. The standard InChI is InChI=1S/C17H15FN2OS/c18-14-8-4-3-7-12(14)13-9-22-16-15(13)19-10-20(17(16)21)11-5-1-2-6-11/h3-4,7-11H,1-2,5-6H2. The molecule has 0 saturated heterocycles. The van der Waals surface area contributed by atoms with Crippen molar-refractivity contribution < 1.29 is 4.39 Å². The summed E-state index contributed by atoms with van der Waals surface area (Å²) in [6.45, 7) is 0. The first kappa shape index (κ1) is 13.6. The summed E-state index contributed by atoms with van der Waals surface area (Å²) in [5.41, 5.74) is 1.81. The first-order chi connectivity index (χ1) is 10.8. The Morgan fingerprint density at radius 3 is 2.73 bits per heavy atom. The Morgan fingerprint density at radius 2 is 1.95 bits per heavy atom. The molecule has 1 aliphatic carbocycles. The highest BCUT2D eigenvalue weighted by molar-refractivity contribution is 7.17. The summed E-state index contributed by atoms with van der Waals surface area (Å²) in [7, 11) is 0. The number of fused-ring (bicyclic) bond motifs is 1. The third kappa shape index (κ3) is 2.08. The van der Waals surface area contributed by atoms with Crippen molar-refractivity contribution in [2.24, 2.45) is 0 Å². The van der Waals surface area contributed by atoms with Gasteiger partial charge in [-0.15, -0.1) is 11.3 Å². The highest BCUT2D eigenvalue weighted by Crippen LogP contribution is 2.33. The Labute approximate surface area is 131 Å². The Hall–Kier alpha value is -2.01. The summed E-state index contributed by atoms with van der Waals surface area (Å²) in [5, 5.41) is 1.83. The number of benzene rings is 1. The minimum atomic E-state index is -0.288. The second kappa shape index (κ2) is 5.32. The Morgan fingerprint density at radius 1 is 1.18 bits per heavy atom. The van der Waals surface area contributed by atoms with Crippen LogP contribution in [0.4, 0.5) is 4.39 Å². The van der Waals surface area contributed by atoms with Crippen LogP contribution in [-0.2, 0) is 0 Å². The summed E-state index contributed by atoms with van der Waals surface area (Å²) in [6.07, 6.45) is 6.05. The average Bonchev–Trinajstić information content (AvgIpc) is 3.18. The van der Waals surface area contributed by atoms with Crippen LogP contribution >= 0.6 is 11.3 Å². The highest BCUT2D eigenvalue weighted by Gasteiger charge is 2.21. The minimum Gasteiger partial charge on any atom is -0.295 e. The molecule has 1 aromatic carbocycles. The van der Waals surface area contributed by atoms with Crippen molar-refractivity contribution >= 4 is 21.6 Å². The Bertz CT molecular complexity index is 893. The van der Waals surface area contributed by atoms with E-state index in [4.69, 9.17) is 0 Å². The first-order valence-electron chi connectivity index (χ1n) is 7.49. The normalized spacial score (nSPS) is 15.7. The summed E-state index contributed by atoms with van der Waals surface area (Å²) in [4.78, 5) is 17.2. The van der Waals surface area contributed by atoms with Crippen molar-refractivity contribution in [2.45, 2.75) is 31.7 Å². The van der Waals surface area contributed by atoms with Gasteiger partial charge in [-0.05, 0) is 18.9 Å². The van der Waals surface area contributed by atoms with Crippen LogP contribution in [0.2, 0.25) is 0 Å². The number of halogens is 1. The molecule has 0 N–H and O–H groups in total. The zero-order chi connectivity index (χ0) is 15.1. The number of rotatable bonds is 2. The second-order valence-electron chi connectivity index (χ2n) is 5.70.